The molecule has 1 aromatic heterocycles. The molecular weight excluding hydrogens is 500 g/mol. The van der Waals surface area contributed by atoms with Gasteiger partial charge < -0.3 is 24.8 Å². The summed E-state index contributed by atoms with van der Waals surface area (Å²) >= 11 is 0. The van der Waals surface area contributed by atoms with E-state index >= 15 is 0 Å². The first-order valence-electron chi connectivity index (χ1n) is 12.6. The minimum atomic E-state index is -0.291. The van der Waals surface area contributed by atoms with Crippen molar-refractivity contribution in [2.75, 3.05) is 20.2 Å². The number of amides is 2. The summed E-state index contributed by atoms with van der Waals surface area (Å²) in [5.74, 6) is 0.811. The fourth-order valence-corrected chi connectivity index (χ4v) is 5.13. The molecule has 0 saturated carbocycles. The van der Waals surface area contributed by atoms with Crippen LogP contribution in [0.5, 0.6) is 23.0 Å². The van der Waals surface area contributed by atoms with Gasteiger partial charge in [-0.05, 0) is 76.5 Å². The largest absolute Gasteiger partial charge is 0.504 e. The van der Waals surface area contributed by atoms with Gasteiger partial charge in [0, 0.05) is 31.0 Å². The number of carbonyl (C=O) groups is 2. The van der Waals surface area contributed by atoms with Crippen LogP contribution in [0.25, 0.3) is 5.69 Å². The van der Waals surface area contributed by atoms with E-state index in [1.165, 1.54) is 11.0 Å². The van der Waals surface area contributed by atoms with E-state index in [4.69, 9.17) is 9.47 Å². The lowest BCUT2D eigenvalue weighted by Crippen LogP contribution is -2.40. The number of tetrazole rings is 1. The maximum absolute atomic E-state index is 13.5. The van der Waals surface area contributed by atoms with Gasteiger partial charge >= 0.3 is 0 Å². The highest BCUT2D eigenvalue weighted by molar-refractivity contribution is 5.94. The van der Waals surface area contributed by atoms with Crippen LogP contribution in [0, 0.1) is 0 Å². The van der Waals surface area contributed by atoms with Crippen LogP contribution in [0.2, 0.25) is 0 Å². The number of aryl methyl sites for hydroxylation is 1. The van der Waals surface area contributed by atoms with E-state index in [0.29, 0.717) is 36.6 Å². The number of rotatable bonds is 3. The normalized spacial score (nSPS) is 18.6. The number of phenols is 1. The number of carbonyl (C=O) groups excluding carboxylic acids is 2. The van der Waals surface area contributed by atoms with Crippen molar-refractivity contribution in [3.8, 4) is 28.7 Å². The molecule has 1 saturated heterocycles. The van der Waals surface area contributed by atoms with E-state index in [0.717, 1.165) is 16.8 Å². The summed E-state index contributed by atoms with van der Waals surface area (Å²) in [5.41, 5.74) is 3.01. The van der Waals surface area contributed by atoms with E-state index in [9.17, 15) is 14.7 Å². The molecule has 11 heteroatoms. The quantitative estimate of drug-likeness (QED) is 0.417. The van der Waals surface area contributed by atoms with Crippen molar-refractivity contribution in [2.24, 2.45) is 0 Å². The summed E-state index contributed by atoms with van der Waals surface area (Å²) in [6, 6.07) is 17.4. The maximum Gasteiger partial charge on any atom is 0.253 e. The zero-order chi connectivity index (χ0) is 26.9. The summed E-state index contributed by atoms with van der Waals surface area (Å²) in [7, 11) is 1.55. The number of phenolic OH excluding ortho intramolecular Hbond substituents is 1. The van der Waals surface area contributed by atoms with Crippen LogP contribution < -0.4 is 14.8 Å². The maximum atomic E-state index is 13.5. The minimum absolute atomic E-state index is 0.00727. The topological polar surface area (TPSA) is 132 Å². The lowest BCUT2D eigenvalue weighted by molar-refractivity contribution is -0.121. The summed E-state index contributed by atoms with van der Waals surface area (Å²) in [5, 5.41) is 24.7. The van der Waals surface area contributed by atoms with Gasteiger partial charge in [-0.1, -0.05) is 12.1 Å². The van der Waals surface area contributed by atoms with Crippen molar-refractivity contribution in [3.63, 3.8) is 0 Å². The highest BCUT2D eigenvalue weighted by Gasteiger charge is 2.38. The van der Waals surface area contributed by atoms with Crippen LogP contribution in [0.3, 0.4) is 0 Å². The van der Waals surface area contributed by atoms with E-state index in [1.807, 2.05) is 12.1 Å². The van der Waals surface area contributed by atoms with Crippen molar-refractivity contribution in [1.29, 1.82) is 0 Å². The van der Waals surface area contributed by atoms with Gasteiger partial charge in [-0.3, -0.25) is 9.59 Å². The predicted molar refractivity (Wildman–Crippen MR) is 139 cm³/mol. The second-order valence-corrected chi connectivity index (χ2v) is 9.61. The van der Waals surface area contributed by atoms with Gasteiger partial charge in [0.05, 0.1) is 18.8 Å². The van der Waals surface area contributed by atoms with Crippen LogP contribution in [0.15, 0.2) is 67.0 Å². The molecule has 2 atom stereocenters. The molecule has 4 bridgehead atoms. The minimum Gasteiger partial charge on any atom is -0.504 e. The molecule has 39 heavy (non-hydrogen) atoms. The second-order valence-electron chi connectivity index (χ2n) is 9.61. The summed E-state index contributed by atoms with van der Waals surface area (Å²) in [4.78, 5) is 28.2. The number of nitrogens with one attached hydrogen (secondary N) is 1. The molecule has 4 aromatic rings. The molecule has 0 aliphatic carbocycles. The Kier molecular flexibility index (Phi) is 6.31. The lowest BCUT2D eigenvalue weighted by Gasteiger charge is -2.21. The first-order valence-corrected chi connectivity index (χ1v) is 12.6. The Balaban J connectivity index is 1.31. The van der Waals surface area contributed by atoms with Crippen LogP contribution in [0.1, 0.15) is 33.8 Å². The fourth-order valence-electron chi connectivity index (χ4n) is 5.13. The molecule has 6 rings (SSSR count). The number of hydrogen-bond acceptors (Lipinski definition) is 8. The first kappa shape index (κ1) is 24.4. The highest BCUT2D eigenvalue weighted by Crippen LogP contribution is 2.40. The number of methoxy groups -OCH3 is 1. The van der Waals surface area contributed by atoms with Crippen molar-refractivity contribution in [2.45, 2.75) is 24.8 Å². The fraction of sp³-hybridized carbons (Fsp3) is 0.250. The predicted octanol–water partition coefficient (Wildman–Crippen LogP) is 2.84. The Hall–Kier alpha value is -4.93. The van der Waals surface area contributed by atoms with Crippen molar-refractivity contribution >= 4 is 11.8 Å². The molecule has 2 N–H and O–H groups in total. The van der Waals surface area contributed by atoms with Crippen LogP contribution >= 0.6 is 0 Å². The molecule has 2 amide bonds. The molecule has 0 radical (unpaired) electrons. The summed E-state index contributed by atoms with van der Waals surface area (Å²) in [6.45, 7) is 0.768. The monoisotopic (exact) mass is 526 g/mol. The number of ether oxygens (including phenoxy) is 2. The standard InChI is InChI=1S/C28H26N6O5/c1-38-24-10-6-19-13-26(24)39-25-12-17(2-9-23(25)35)3-11-27(36)30-22-15-33(14-21(19)22)28(37)18-4-7-20(8-5-18)34-16-29-31-32-34/h2,4-10,12-13,16,21-22,35H,3,11,14-15H2,1H3,(H,30,36)/t21-,22+/m0/s1. The van der Waals surface area contributed by atoms with E-state index in [2.05, 4.69) is 20.8 Å². The molecular formula is C28H26N6O5. The Bertz CT molecular complexity index is 1520. The van der Waals surface area contributed by atoms with Crippen LogP contribution in [-0.2, 0) is 11.2 Å². The molecule has 11 nitrogen and oxygen atoms in total. The third-order valence-corrected chi connectivity index (χ3v) is 7.18. The third kappa shape index (κ3) is 4.86. The average Bonchev–Trinajstić information content (AvgIpc) is 3.64. The number of nitrogens with zero attached hydrogens (tertiary/aromatic N) is 5. The van der Waals surface area contributed by atoms with Gasteiger partial charge in [-0.2, -0.15) is 0 Å². The smallest absolute Gasteiger partial charge is 0.253 e. The van der Waals surface area contributed by atoms with Gasteiger partial charge in [-0.15, -0.1) is 5.10 Å². The molecule has 3 heterocycles. The highest BCUT2D eigenvalue weighted by atomic mass is 16.5. The SMILES string of the molecule is COc1ccc2cc1Oc1cc(ccc1O)CCC(=O)N[C@@H]1CN(C(=O)c3ccc(-n4cnnn4)cc3)C[C@@H]21. The number of aromatic nitrogens is 4. The second kappa shape index (κ2) is 10.1. The van der Waals surface area contributed by atoms with Crippen molar-refractivity contribution in [1.82, 2.24) is 30.4 Å². The van der Waals surface area contributed by atoms with E-state index in [-0.39, 0.29) is 41.7 Å². The molecule has 1 fully saturated rings. The number of aromatic hydroxyl groups is 1. The molecule has 0 spiro atoms. The Morgan fingerprint density at radius 1 is 1.05 bits per heavy atom. The Morgan fingerprint density at radius 3 is 2.67 bits per heavy atom. The number of likely N-dealkylation sites (tertiary alicyclic amines) is 1. The molecule has 2 aliphatic rings. The number of fused-ring (bicyclic) bond motifs is 6. The van der Waals surface area contributed by atoms with Gasteiger partial charge in [0.1, 0.15) is 6.33 Å². The number of hydrogen-bond donors (Lipinski definition) is 2. The third-order valence-electron chi connectivity index (χ3n) is 7.18. The van der Waals surface area contributed by atoms with E-state index < -0.39 is 0 Å². The summed E-state index contributed by atoms with van der Waals surface area (Å²) in [6.07, 6.45) is 2.23. The Morgan fingerprint density at radius 2 is 1.90 bits per heavy atom. The van der Waals surface area contributed by atoms with Gasteiger partial charge in [0.15, 0.2) is 23.0 Å². The zero-order valence-corrected chi connectivity index (χ0v) is 21.2. The van der Waals surface area contributed by atoms with Crippen molar-refractivity contribution in [3.05, 3.63) is 83.7 Å². The number of benzene rings is 3. The molecule has 198 valence electrons. The zero-order valence-electron chi connectivity index (χ0n) is 21.2. The Labute approximate surface area is 224 Å². The molecule has 3 aromatic carbocycles. The lowest BCUT2D eigenvalue weighted by atomic mass is 9.93. The van der Waals surface area contributed by atoms with Gasteiger partial charge in [-0.25, -0.2) is 4.68 Å². The van der Waals surface area contributed by atoms with Gasteiger partial charge in [0.2, 0.25) is 5.91 Å². The molecule has 2 aliphatic heterocycles. The average molecular weight is 527 g/mol. The van der Waals surface area contributed by atoms with E-state index in [1.54, 1.807) is 60.5 Å². The van der Waals surface area contributed by atoms with Crippen LogP contribution in [0.4, 0.5) is 0 Å². The van der Waals surface area contributed by atoms with Crippen molar-refractivity contribution < 1.29 is 24.2 Å². The van der Waals surface area contributed by atoms with Gasteiger partial charge in [0.25, 0.3) is 5.91 Å². The first-order chi connectivity index (χ1) is 19.0. The van der Waals surface area contributed by atoms with Crippen LogP contribution in [-0.4, -0.2) is 68.3 Å². The molecule has 0 unspecified atom stereocenters. The summed E-state index contributed by atoms with van der Waals surface area (Å²) < 4.78 is 13.1.